The maximum absolute atomic E-state index is 12.8. The highest BCUT2D eigenvalue weighted by Crippen LogP contribution is 2.43. The second-order valence-corrected chi connectivity index (χ2v) is 20.3. The molecule has 0 radical (unpaired) electrons. The molecule has 2 aromatic rings. The maximum Gasteiger partial charge on any atom is 0.472 e. The van der Waals surface area contributed by atoms with Gasteiger partial charge in [-0.15, -0.1) is 0 Å². The van der Waals surface area contributed by atoms with Crippen LogP contribution in [-0.2, 0) is 58.4 Å². The number of hydrogen-bond donors (Lipinski definition) is 1. The molecule has 0 saturated heterocycles. The van der Waals surface area contributed by atoms with E-state index in [4.69, 9.17) is 27.4 Å². The van der Waals surface area contributed by atoms with Crippen molar-refractivity contribution in [3.8, 4) is 0 Å². The summed E-state index contributed by atoms with van der Waals surface area (Å²) in [5.74, 6) is 3.89. The summed E-state index contributed by atoms with van der Waals surface area (Å²) in [7, 11) is -0.739. The van der Waals surface area contributed by atoms with Crippen LogP contribution in [0.4, 0.5) is 0 Å². The summed E-state index contributed by atoms with van der Waals surface area (Å²) in [5, 5.41) is 0. The summed E-state index contributed by atoms with van der Waals surface area (Å²) in [5.41, 5.74) is 5.35. The first kappa shape index (κ1) is 58.7. The Morgan fingerprint density at radius 2 is 0.877 bits per heavy atom. The summed E-state index contributed by atoms with van der Waals surface area (Å²) in [6.07, 6.45) is 30.6. The van der Waals surface area contributed by atoms with Crippen LogP contribution >= 0.6 is 7.82 Å². The van der Waals surface area contributed by atoms with Gasteiger partial charge in [-0.2, -0.15) is 0 Å². The summed E-state index contributed by atoms with van der Waals surface area (Å²) in [4.78, 5) is 37.4. The molecule has 2 aromatic heterocycles. The topological polar surface area (TPSA) is 138 Å². The molecule has 0 aromatic carbocycles. The van der Waals surface area contributed by atoms with E-state index in [0.717, 1.165) is 77.0 Å². The Hall–Kier alpha value is -2.43. The van der Waals surface area contributed by atoms with E-state index in [9.17, 15) is 19.0 Å². The molecular weight excluding hydrogens is 842 g/mol. The molecule has 1 unspecified atom stereocenters. The van der Waals surface area contributed by atoms with E-state index in [0.29, 0.717) is 13.0 Å². The first-order chi connectivity index (χ1) is 31.3. The summed E-state index contributed by atoms with van der Waals surface area (Å²) < 4.78 is 46.2. The number of furan rings is 2. The third-order valence-electron chi connectivity index (χ3n) is 12.8. The Bertz CT molecular complexity index is 1600. The van der Waals surface area contributed by atoms with Crippen LogP contribution in [0.25, 0.3) is 0 Å². The van der Waals surface area contributed by atoms with Gasteiger partial charge in [0.15, 0.2) is 6.10 Å². The number of esters is 2. The number of likely N-dealkylation sites (N-methyl/N-ethyl adjacent to an activating group) is 1. The summed E-state index contributed by atoms with van der Waals surface area (Å²) in [6.45, 7) is 13.0. The van der Waals surface area contributed by atoms with Gasteiger partial charge >= 0.3 is 19.8 Å². The number of carbonyl (C=O) groups excluding carboxylic acids is 2. The normalized spacial score (nSPS) is 13.1. The number of phosphoric acid groups is 1. The first-order valence-electron chi connectivity index (χ1n) is 26.0. The van der Waals surface area contributed by atoms with Crippen LogP contribution < -0.4 is 0 Å². The molecule has 0 saturated carbocycles. The fourth-order valence-electron chi connectivity index (χ4n) is 8.22. The number of aryl methyl sites for hydroxylation is 4. The third kappa shape index (κ3) is 27.2. The van der Waals surface area contributed by atoms with Gasteiger partial charge in [0.2, 0.25) is 0 Å². The van der Waals surface area contributed by atoms with Crippen LogP contribution in [0.15, 0.2) is 8.83 Å². The van der Waals surface area contributed by atoms with Crippen molar-refractivity contribution in [2.75, 3.05) is 40.5 Å². The second-order valence-electron chi connectivity index (χ2n) is 18.9. The zero-order chi connectivity index (χ0) is 47.7. The molecule has 0 aliphatic rings. The smallest absolute Gasteiger partial charge is 0.466 e. The highest BCUT2D eigenvalue weighted by atomic mass is 31.2. The number of hydrogen-bond acceptors (Lipinski definition) is 10. The Morgan fingerprint density at radius 3 is 1.26 bits per heavy atom. The Labute approximate surface area is 395 Å². The molecule has 2 atom stereocenters. The first-order valence-corrected chi connectivity index (χ1v) is 27.5. The molecule has 2 heterocycles. The number of carbonyl (C=O) groups is 2. The minimum Gasteiger partial charge on any atom is -0.466 e. The molecule has 0 aliphatic heterocycles. The van der Waals surface area contributed by atoms with E-state index in [1.54, 1.807) is 0 Å². The molecule has 0 aliphatic carbocycles. The fourth-order valence-corrected chi connectivity index (χ4v) is 8.96. The molecular formula is C53H94NO10P. The van der Waals surface area contributed by atoms with Crippen molar-refractivity contribution < 1.29 is 46.4 Å². The lowest BCUT2D eigenvalue weighted by molar-refractivity contribution is -0.161. The average Bonchev–Trinajstić information content (AvgIpc) is 3.69. The molecule has 11 nitrogen and oxygen atoms in total. The number of unbranched alkanes of at least 4 members (excludes halogenated alkanes) is 20. The standard InChI is InChI=1S/C53H94NO10P/c1-9-11-27-33-48-43(3)45(5)50(63-48)35-29-23-19-15-13-14-16-22-26-32-38-53(56)62-47(42-61-65(57,58)60-40-39-54(7)8)41-59-52(55)37-31-25-21-18-17-20-24-30-36-51-46(6)44(4)49(64-51)34-28-12-10-2/h47H,9-42H2,1-8H3,(H,57,58)/t47-/m1/s1. The Kier molecular flexibility index (Phi) is 32.2. The minimum absolute atomic E-state index is 0.00251. The Morgan fingerprint density at radius 1 is 0.523 bits per heavy atom. The van der Waals surface area contributed by atoms with Gasteiger partial charge in [0.05, 0.1) is 13.2 Å². The van der Waals surface area contributed by atoms with Crippen molar-refractivity contribution in [2.24, 2.45) is 0 Å². The number of ether oxygens (including phenoxy) is 2. The SMILES string of the molecule is CCCCCc1oc(CCCCCCCCCCCCC(=O)O[C@H](COC(=O)CCCCCCCCCCc2oc(CCCCC)c(C)c2C)COP(=O)(O)OCCN(C)C)c(C)c1C. The van der Waals surface area contributed by atoms with E-state index in [-0.39, 0.29) is 32.0 Å². The van der Waals surface area contributed by atoms with Gasteiger partial charge in [0.25, 0.3) is 0 Å². The van der Waals surface area contributed by atoms with Crippen LogP contribution in [0, 0.1) is 27.7 Å². The van der Waals surface area contributed by atoms with Crippen molar-refractivity contribution in [1.82, 2.24) is 4.90 Å². The van der Waals surface area contributed by atoms with Gasteiger partial charge in [-0.05, 0) is 103 Å². The zero-order valence-corrected chi connectivity index (χ0v) is 43.5. The number of phosphoric ester groups is 1. The summed E-state index contributed by atoms with van der Waals surface area (Å²) in [6, 6.07) is 0. The van der Waals surface area contributed by atoms with Gasteiger partial charge in [-0.3, -0.25) is 18.6 Å². The van der Waals surface area contributed by atoms with Crippen LogP contribution in [0.1, 0.15) is 226 Å². The van der Waals surface area contributed by atoms with Crippen molar-refractivity contribution in [3.05, 3.63) is 45.3 Å². The molecule has 0 fully saturated rings. The van der Waals surface area contributed by atoms with Gasteiger partial charge < -0.3 is 28.1 Å². The molecule has 0 bridgehead atoms. The van der Waals surface area contributed by atoms with E-state index in [2.05, 4.69) is 41.5 Å². The lowest BCUT2D eigenvalue weighted by Crippen LogP contribution is -2.29. The van der Waals surface area contributed by atoms with Crippen LogP contribution in [0.2, 0.25) is 0 Å². The van der Waals surface area contributed by atoms with E-state index in [1.807, 2.05) is 19.0 Å². The van der Waals surface area contributed by atoms with Gasteiger partial charge in [-0.25, -0.2) is 4.57 Å². The predicted octanol–water partition coefficient (Wildman–Crippen LogP) is 14.3. The maximum atomic E-state index is 12.8. The lowest BCUT2D eigenvalue weighted by Gasteiger charge is -2.20. The number of nitrogens with zero attached hydrogens (tertiary/aromatic N) is 1. The predicted molar refractivity (Wildman–Crippen MR) is 264 cm³/mol. The summed E-state index contributed by atoms with van der Waals surface area (Å²) >= 11 is 0. The highest BCUT2D eigenvalue weighted by Gasteiger charge is 2.26. The van der Waals surface area contributed by atoms with Crippen LogP contribution in [-0.4, -0.2) is 68.3 Å². The molecule has 1 N–H and O–H groups in total. The quantitative estimate of drug-likeness (QED) is 0.0387. The van der Waals surface area contributed by atoms with Crippen LogP contribution in [0.5, 0.6) is 0 Å². The molecule has 0 spiro atoms. The average molecular weight is 936 g/mol. The largest absolute Gasteiger partial charge is 0.472 e. The fraction of sp³-hybridized carbons (Fsp3) is 0.811. The second kappa shape index (κ2) is 35.7. The minimum atomic E-state index is -4.39. The lowest BCUT2D eigenvalue weighted by atomic mass is 10.0. The Balaban J connectivity index is 1.59. The molecule has 376 valence electrons. The molecule has 0 amide bonds. The van der Waals surface area contributed by atoms with E-state index < -0.39 is 26.5 Å². The third-order valence-corrected chi connectivity index (χ3v) is 13.8. The van der Waals surface area contributed by atoms with Crippen molar-refractivity contribution in [1.29, 1.82) is 0 Å². The van der Waals surface area contributed by atoms with Crippen LogP contribution in [0.3, 0.4) is 0 Å². The van der Waals surface area contributed by atoms with Gasteiger partial charge in [0, 0.05) is 45.1 Å². The monoisotopic (exact) mass is 936 g/mol. The highest BCUT2D eigenvalue weighted by molar-refractivity contribution is 7.47. The molecule has 65 heavy (non-hydrogen) atoms. The molecule has 12 heteroatoms. The van der Waals surface area contributed by atoms with Gasteiger partial charge in [-0.1, -0.05) is 129 Å². The van der Waals surface area contributed by atoms with Crippen molar-refractivity contribution in [3.63, 3.8) is 0 Å². The van der Waals surface area contributed by atoms with E-state index in [1.165, 1.54) is 142 Å². The van der Waals surface area contributed by atoms with Crippen molar-refractivity contribution in [2.45, 2.75) is 240 Å². The zero-order valence-electron chi connectivity index (χ0n) is 42.6. The van der Waals surface area contributed by atoms with Gasteiger partial charge in [0.1, 0.15) is 29.6 Å². The number of rotatable bonds is 42. The molecule has 2 rings (SSSR count). The van der Waals surface area contributed by atoms with Crippen molar-refractivity contribution >= 4 is 19.8 Å². The van der Waals surface area contributed by atoms with E-state index >= 15 is 0 Å².